The minimum atomic E-state index is 0.475. The quantitative estimate of drug-likeness (QED) is 0.305. The minimum Gasteiger partial charge on any atom is -0.382 e. The summed E-state index contributed by atoms with van der Waals surface area (Å²) in [4.78, 5) is 6.99. The van der Waals surface area contributed by atoms with Gasteiger partial charge in [-0.2, -0.15) is 0 Å². The van der Waals surface area contributed by atoms with Crippen LogP contribution in [0.3, 0.4) is 0 Å². The van der Waals surface area contributed by atoms with Crippen LogP contribution in [-0.4, -0.2) is 77.6 Å². The number of nitrogens with zero attached hydrogens (tertiary/aromatic N) is 2. The fraction of sp³-hybridized carbons (Fsp3) is 0.941. The van der Waals surface area contributed by atoms with Crippen molar-refractivity contribution in [2.45, 2.75) is 39.7 Å². The van der Waals surface area contributed by atoms with Gasteiger partial charge in [0.05, 0.1) is 19.8 Å². The molecule has 0 aliphatic rings. The van der Waals surface area contributed by atoms with E-state index in [1.165, 1.54) is 0 Å². The van der Waals surface area contributed by atoms with Crippen molar-refractivity contribution in [1.82, 2.24) is 15.5 Å². The third-order valence-corrected chi connectivity index (χ3v) is 3.47. The molecule has 0 rings (SSSR count). The van der Waals surface area contributed by atoms with Crippen molar-refractivity contribution >= 4 is 5.96 Å². The number of guanidine groups is 1. The summed E-state index contributed by atoms with van der Waals surface area (Å²) in [5, 5.41) is 6.67. The molecule has 0 aliphatic carbocycles. The highest BCUT2D eigenvalue weighted by Gasteiger charge is 2.13. The largest absolute Gasteiger partial charge is 0.382 e. The monoisotopic (exact) mass is 330 g/mol. The van der Waals surface area contributed by atoms with Crippen LogP contribution in [0.5, 0.6) is 0 Å². The van der Waals surface area contributed by atoms with E-state index in [1.807, 2.05) is 0 Å². The number of rotatable bonds is 13. The number of aliphatic imine (C=N–C) groups is 1. The highest BCUT2D eigenvalue weighted by molar-refractivity contribution is 5.79. The van der Waals surface area contributed by atoms with Crippen molar-refractivity contribution < 1.29 is 9.47 Å². The van der Waals surface area contributed by atoms with Gasteiger partial charge in [0, 0.05) is 32.8 Å². The molecule has 1 unspecified atom stereocenters. The summed E-state index contributed by atoms with van der Waals surface area (Å²) in [6.07, 6.45) is 2.11. The summed E-state index contributed by atoms with van der Waals surface area (Å²) in [7, 11) is 5.94. The average Bonchev–Trinajstić information content (AvgIpc) is 2.49. The molecule has 0 spiro atoms. The van der Waals surface area contributed by atoms with Crippen LogP contribution in [0.1, 0.15) is 33.6 Å². The molecule has 0 bridgehead atoms. The predicted octanol–water partition coefficient (Wildman–Crippen LogP) is 1.57. The molecule has 0 saturated carbocycles. The standard InChI is InChI=1S/C17H38N4O2/c1-7-18-17(19-9-8-10-23-12-11-22-6)20-14-16(21(4)5)13-15(2)3/h15-16H,7-14H2,1-6H3,(H2,18,19,20). The third kappa shape index (κ3) is 13.3. The zero-order valence-electron chi connectivity index (χ0n) is 16.0. The molecule has 2 N–H and O–H groups in total. The van der Waals surface area contributed by atoms with Gasteiger partial charge in [0.2, 0.25) is 0 Å². The Kier molecular flexibility index (Phi) is 14.2. The summed E-state index contributed by atoms with van der Waals surface area (Å²) < 4.78 is 10.4. The first-order chi connectivity index (χ1) is 11.0. The Morgan fingerprint density at radius 3 is 2.43 bits per heavy atom. The van der Waals surface area contributed by atoms with E-state index in [0.717, 1.165) is 45.0 Å². The highest BCUT2D eigenvalue weighted by Crippen LogP contribution is 2.09. The van der Waals surface area contributed by atoms with Crippen LogP contribution in [0.4, 0.5) is 0 Å². The summed E-state index contributed by atoms with van der Waals surface area (Å²) in [6, 6.07) is 0.475. The lowest BCUT2D eigenvalue weighted by molar-refractivity contribution is 0.0698. The molecule has 0 aromatic carbocycles. The van der Waals surface area contributed by atoms with Gasteiger partial charge in [0.15, 0.2) is 5.96 Å². The van der Waals surface area contributed by atoms with E-state index in [-0.39, 0.29) is 0 Å². The molecule has 6 heteroatoms. The molecule has 0 amide bonds. The van der Waals surface area contributed by atoms with Crippen LogP contribution >= 0.6 is 0 Å². The Morgan fingerprint density at radius 2 is 1.87 bits per heavy atom. The second-order valence-electron chi connectivity index (χ2n) is 6.35. The first-order valence-corrected chi connectivity index (χ1v) is 8.76. The zero-order valence-corrected chi connectivity index (χ0v) is 16.0. The van der Waals surface area contributed by atoms with Crippen LogP contribution < -0.4 is 10.6 Å². The van der Waals surface area contributed by atoms with Crippen molar-refractivity contribution in [3.8, 4) is 0 Å². The van der Waals surface area contributed by atoms with Gasteiger partial charge in [-0.15, -0.1) is 0 Å². The Hall–Kier alpha value is -0.850. The van der Waals surface area contributed by atoms with Gasteiger partial charge in [-0.3, -0.25) is 4.99 Å². The summed E-state index contributed by atoms with van der Waals surface area (Å²) in [5.74, 6) is 1.57. The maximum absolute atomic E-state index is 5.46. The van der Waals surface area contributed by atoms with Gasteiger partial charge in [-0.05, 0) is 39.8 Å². The number of nitrogens with one attached hydrogen (secondary N) is 2. The Bertz CT molecular complexity index is 296. The van der Waals surface area contributed by atoms with Crippen molar-refractivity contribution in [1.29, 1.82) is 0 Å². The van der Waals surface area contributed by atoms with Crippen LogP contribution in [0.25, 0.3) is 0 Å². The van der Waals surface area contributed by atoms with Gasteiger partial charge in [-0.25, -0.2) is 0 Å². The maximum atomic E-state index is 5.46. The molecular weight excluding hydrogens is 292 g/mol. The summed E-state index contributed by atoms with van der Waals surface area (Å²) in [6.45, 7) is 11.2. The van der Waals surface area contributed by atoms with Gasteiger partial charge in [-0.1, -0.05) is 13.8 Å². The van der Waals surface area contributed by atoms with Crippen molar-refractivity contribution in [3.63, 3.8) is 0 Å². The first-order valence-electron chi connectivity index (χ1n) is 8.76. The fourth-order valence-electron chi connectivity index (χ4n) is 2.16. The molecule has 0 fully saturated rings. The Balaban J connectivity index is 4.15. The normalized spacial score (nSPS) is 13.7. The van der Waals surface area contributed by atoms with Crippen molar-refractivity contribution in [2.75, 3.05) is 60.7 Å². The predicted molar refractivity (Wildman–Crippen MR) is 98.2 cm³/mol. The number of likely N-dealkylation sites (N-methyl/N-ethyl adjacent to an activating group) is 1. The van der Waals surface area contributed by atoms with Crippen molar-refractivity contribution in [3.05, 3.63) is 0 Å². The van der Waals surface area contributed by atoms with Gasteiger partial charge < -0.3 is 25.0 Å². The molecule has 0 aromatic heterocycles. The smallest absolute Gasteiger partial charge is 0.191 e. The van der Waals surface area contributed by atoms with E-state index >= 15 is 0 Å². The Labute approximate surface area is 143 Å². The van der Waals surface area contributed by atoms with E-state index in [1.54, 1.807) is 7.11 Å². The van der Waals surface area contributed by atoms with E-state index in [2.05, 4.69) is 50.4 Å². The number of methoxy groups -OCH3 is 1. The molecule has 0 aliphatic heterocycles. The molecule has 0 aromatic rings. The molecule has 6 nitrogen and oxygen atoms in total. The lowest BCUT2D eigenvalue weighted by atomic mass is 10.0. The first kappa shape index (κ1) is 22.1. The third-order valence-electron chi connectivity index (χ3n) is 3.47. The zero-order chi connectivity index (χ0) is 17.5. The number of ether oxygens (including phenoxy) is 2. The minimum absolute atomic E-state index is 0.475. The molecule has 0 saturated heterocycles. The van der Waals surface area contributed by atoms with E-state index < -0.39 is 0 Å². The molecule has 0 heterocycles. The van der Waals surface area contributed by atoms with Crippen LogP contribution in [0, 0.1) is 5.92 Å². The van der Waals surface area contributed by atoms with Gasteiger partial charge >= 0.3 is 0 Å². The highest BCUT2D eigenvalue weighted by atomic mass is 16.5. The average molecular weight is 331 g/mol. The van der Waals surface area contributed by atoms with E-state index in [4.69, 9.17) is 14.5 Å². The van der Waals surface area contributed by atoms with Crippen molar-refractivity contribution in [2.24, 2.45) is 10.9 Å². The van der Waals surface area contributed by atoms with Gasteiger partial charge in [0.25, 0.3) is 0 Å². The molecule has 23 heavy (non-hydrogen) atoms. The lowest BCUT2D eigenvalue weighted by Crippen LogP contribution is -2.40. The maximum Gasteiger partial charge on any atom is 0.191 e. The Morgan fingerprint density at radius 1 is 1.13 bits per heavy atom. The summed E-state index contributed by atoms with van der Waals surface area (Å²) in [5.41, 5.74) is 0. The number of hydrogen-bond donors (Lipinski definition) is 2. The van der Waals surface area contributed by atoms with Gasteiger partial charge in [0.1, 0.15) is 0 Å². The molecular formula is C17H38N4O2. The van der Waals surface area contributed by atoms with E-state index in [0.29, 0.717) is 25.2 Å². The van der Waals surface area contributed by atoms with Crippen LogP contribution in [0.15, 0.2) is 4.99 Å². The van der Waals surface area contributed by atoms with Crippen LogP contribution in [0.2, 0.25) is 0 Å². The molecule has 0 radical (unpaired) electrons. The fourth-order valence-corrected chi connectivity index (χ4v) is 2.16. The molecule has 138 valence electrons. The van der Waals surface area contributed by atoms with Crippen LogP contribution in [-0.2, 0) is 9.47 Å². The second kappa shape index (κ2) is 14.7. The van der Waals surface area contributed by atoms with E-state index in [9.17, 15) is 0 Å². The topological polar surface area (TPSA) is 58.1 Å². The summed E-state index contributed by atoms with van der Waals surface area (Å²) >= 11 is 0. The lowest BCUT2D eigenvalue weighted by Gasteiger charge is -2.24. The number of hydrogen-bond acceptors (Lipinski definition) is 4. The second-order valence-corrected chi connectivity index (χ2v) is 6.35. The molecule has 1 atom stereocenters. The SMILES string of the molecule is CCNC(=NCC(CC(C)C)N(C)C)NCCCOCCOC.